The number of hydrogen-bond acceptors (Lipinski definition) is 3. The molecule has 0 radical (unpaired) electrons. The van der Waals surface area contributed by atoms with E-state index in [-0.39, 0.29) is 12.5 Å². The first-order valence-electron chi connectivity index (χ1n) is 5.09. The topological polar surface area (TPSA) is 62.1 Å². The second-order valence-corrected chi connectivity index (χ2v) is 3.23. The molecule has 0 heterocycles. The van der Waals surface area contributed by atoms with E-state index < -0.39 is 0 Å². The zero-order chi connectivity index (χ0) is 12.5. The normalized spacial score (nSPS) is 8.82. The summed E-state index contributed by atoms with van der Waals surface area (Å²) >= 11 is 0. The molecule has 0 aliphatic heterocycles. The maximum absolute atomic E-state index is 11.3. The molecule has 1 aromatic carbocycles. The van der Waals surface area contributed by atoms with Gasteiger partial charge in [0.2, 0.25) is 0 Å². The predicted molar refractivity (Wildman–Crippen MR) is 63.1 cm³/mol. The second-order valence-electron chi connectivity index (χ2n) is 3.23. The summed E-state index contributed by atoms with van der Waals surface area (Å²) < 4.78 is 5.22. The molecule has 1 amide bonds. The van der Waals surface area contributed by atoms with Crippen LogP contribution in [0.3, 0.4) is 0 Å². The molecule has 0 spiro atoms. The third-order valence-corrected chi connectivity index (χ3v) is 1.94. The van der Waals surface area contributed by atoms with Crippen LogP contribution >= 0.6 is 0 Å². The lowest BCUT2D eigenvalue weighted by Crippen LogP contribution is -2.29. The van der Waals surface area contributed by atoms with Gasteiger partial charge in [0.05, 0.1) is 11.6 Å². The van der Waals surface area contributed by atoms with Crippen molar-refractivity contribution >= 4 is 5.91 Å². The average molecular weight is 228 g/mol. The molecule has 86 valence electrons. The number of hydrogen-bond donors (Lipinski definition) is 1. The lowest BCUT2D eigenvalue weighted by atomic mass is 10.2. The van der Waals surface area contributed by atoms with Crippen LogP contribution in [0.4, 0.5) is 0 Å². The van der Waals surface area contributed by atoms with Crippen LogP contribution in [0.15, 0.2) is 24.3 Å². The van der Waals surface area contributed by atoms with Crippen LogP contribution in [0.1, 0.15) is 12.0 Å². The number of rotatable bonds is 5. The van der Waals surface area contributed by atoms with E-state index in [4.69, 9.17) is 16.4 Å². The molecule has 0 aliphatic carbocycles. The van der Waals surface area contributed by atoms with Crippen molar-refractivity contribution in [3.05, 3.63) is 29.8 Å². The van der Waals surface area contributed by atoms with Gasteiger partial charge in [-0.25, -0.2) is 0 Å². The molecular formula is C13H12N2O2. The zero-order valence-electron chi connectivity index (χ0n) is 9.27. The molecular weight excluding hydrogens is 216 g/mol. The molecule has 0 saturated heterocycles. The third kappa shape index (κ3) is 4.72. The van der Waals surface area contributed by atoms with Gasteiger partial charge >= 0.3 is 0 Å². The summed E-state index contributed by atoms with van der Waals surface area (Å²) in [6, 6.07) is 8.55. The average Bonchev–Trinajstić information content (AvgIpc) is 2.37. The van der Waals surface area contributed by atoms with Gasteiger partial charge < -0.3 is 10.1 Å². The van der Waals surface area contributed by atoms with Crippen LogP contribution in [0.25, 0.3) is 0 Å². The number of nitriles is 1. The number of nitrogens with zero attached hydrogens (tertiary/aromatic N) is 1. The minimum atomic E-state index is -0.218. The van der Waals surface area contributed by atoms with Crippen molar-refractivity contribution in [1.82, 2.24) is 5.32 Å². The Morgan fingerprint density at radius 2 is 2.12 bits per heavy atom. The van der Waals surface area contributed by atoms with Crippen molar-refractivity contribution in [3.8, 4) is 24.2 Å². The summed E-state index contributed by atoms with van der Waals surface area (Å²) in [4.78, 5) is 11.3. The van der Waals surface area contributed by atoms with Gasteiger partial charge in [-0.15, -0.1) is 12.3 Å². The first-order valence-corrected chi connectivity index (χ1v) is 5.09. The first-order chi connectivity index (χ1) is 8.26. The highest BCUT2D eigenvalue weighted by atomic mass is 16.5. The van der Waals surface area contributed by atoms with Gasteiger partial charge in [-0.3, -0.25) is 4.79 Å². The molecule has 0 saturated carbocycles. The van der Waals surface area contributed by atoms with Gasteiger partial charge in [0.1, 0.15) is 5.75 Å². The van der Waals surface area contributed by atoms with E-state index in [0.717, 1.165) is 0 Å². The number of amides is 1. The van der Waals surface area contributed by atoms with Crippen LogP contribution in [-0.4, -0.2) is 19.1 Å². The molecule has 17 heavy (non-hydrogen) atoms. The van der Waals surface area contributed by atoms with Crippen LogP contribution in [0.2, 0.25) is 0 Å². The standard InChI is InChI=1S/C13H12N2O2/c1-2-3-8-15-13(16)10-17-12-6-4-11(9-14)5-7-12/h1,4-7H,3,8,10H2,(H,15,16). The Hall–Kier alpha value is -2.46. The molecule has 0 bridgehead atoms. The van der Waals surface area contributed by atoms with Gasteiger partial charge in [0.25, 0.3) is 5.91 Å². The van der Waals surface area contributed by atoms with Crippen molar-refractivity contribution < 1.29 is 9.53 Å². The van der Waals surface area contributed by atoms with Crippen LogP contribution < -0.4 is 10.1 Å². The summed E-state index contributed by atoms with van der Waals surface area (Å²) in [5.41, 5.74) is 0.552. The number of carbonyl (C=O) groups excluding carboxylic acids is 1. The Kier molecular flexibility index (Phi) is 5.13. The molecule has 0 unspecified atom stereocenters. The maximum atomic E-state index is 11.3. The van der Waals surface area contributed by atoms with Gasteiger partial charge in [0, 0.05) is 13.0 Å². The maximum Gasteiger partial charge on any atom is 0.257 e. The molecule has 0 aromatic heterocycles. The highest BCUT2D eigenvalue weighted by Crippen LogP contribution is 2.10. The van der Waals surface area contributed by atoms with Crippen molar-refractivity contribution in [1.29, 1.82) is 5.26 Å². The Morgan fingerprint density at radius 3 is 2.71 bits per heavy atom. The third-order valence-electron chi connectivity index (χ3n) is 1.94. The minimum absolute atomic E-state index is 0.0591. The monoisotopic (exact) mass is 228 g/mol. The Bertz CT molecular complexity index is 452. The van der Waals surface area contributed by atoms with Crippen LogP contribution in [-0.2, 0) is 4.79 Å². The molecule has 4 nitrogen and oxygen atoms in total. The van der Waals surface area contributed by atoms with E-state index in [9.17, 15) is 4.79 Å². The lowest BCUT2D eigenvalue weighted by molar-refractivity contribution is -0.123. The summed E-state index contributed by atoms with van der Waals surface area (Å²) in [6.07, 6.45) is 5.55. The van der Waals surface area contributed by atoms with Crippen molar-refractivity contribution in [2.24, 2.45) is 0 Å². The van der Waals surface area contributed by atoms with E-state index in [0.29, 0.717) is 24.3 Å². The van der Waals surface area contributed by atoms with Crippen LogP contribution in [0, 0.1) is 23.7 Å². The smallest absolute Gasteiger partial charge is 0.257 e. The summed E-state index contributed by atoms with van der Waals surface area (Å²) in [6.45, 7) is 0.391. The van der Waals surface area contributed by atoms with Crippen LogP contribution in [0.5, 0.6) is 5.75 Å². The summed E-state index contributed by atoms with van der Waals surface area (Å²) in [7, 11) is 0. The molecule has 0 fully saturated rings. The van der Waals surface area contributed by atoms with E-state index in [2.05, 4.69) is 11.2 Å². The summed E-state index contributed by atoms with van der Waals surface area (Å²) in [5, 5.41) is 11.2. The summed E-state index contributed by atoms with van der Waals surface area (Å²) in [5.74, 6) is 2.76. The number of benzene rings is 1. The molecule has 1 N–H and O–H groups in total. The fourth-order valence-electron chi connectivity index (χ4n) is 1.10. The fourth-order valence-corrected chi connectivity index (χ4v) is 1.10. The number of terminal acetylenes is 1. The predicted octanol–water partition coefficient (Wildman–Crippen LogP) is 1.08. The van der Waals surface area contributed by atoms with Crippen molar-refractivity contribution in [3.63, 3.8) is 0 Å². The van der Waals surface area contributed by atoms with E-state index in [1.54, 1.807) is 24.3 Å². The fraction of sp³-hybridized carbons (Fsp3) is 0.231. The van der Waals surface area contributed by atoms with Gasteiger partial charge in [-0.05, 0) is 24.3 Å². The molecule has 0 aliphatic rings. The van der Waals surface area contributed by atoms with E-state index in [1.165, 1.54) is 0 Å². The largest absolute Gasteiger partial charge is 0.484 e. The Balaban J connectivity index is 2.33. The molecule has 0 atom stereocenters. The minimum Gasteiger partial charge on any atom is -0.484 e. The second kappa shape index (κ2) is 6.92. The Labute approximate surface area is 100 Å². The molecule has 1 aromatic rings. The lowest BCUT2D eigenvalue weighted by Gasteiger charge is -2.06. The van der Waals surface area contributed by atoms with Gasteiger partial charge in [0.15, 0.2) is 6.61 Å². The zero-order valence-corrected chi connectivity index (χ0v) is 9.27. The number of carbonyl (C=O) groups is 1. The van der Waals surface area contributed by atoms with E-state index >= 15 is 0 Å². The molecule has 4 heteroatoms. The first kappa shape index (κ1) is 12.6. The molecule has 1 rings (SSSR count). The van der Waals surface area contributed by atoms with Gasteiger partial charge in [-0.1, -0.05) is 0 Å². The number of nitrogens with one attached hydrogen (secondary N) is 1. The highest BCUT2D eigenvalue weighted by molar-refractivity contribution is 5.77. The SMILES string of the molecule is C#CCCNC(=O)COc1ccc(C#N)cc1. The van der Waals surface area contributed by atoms with Crippen molar-refractivity contribution in [2.45, 2.75) is 6.42 Å². The number of ether oxygens (including phenoxy) is 1. The quantitative estimate of drug-likeness (QED) is 0.606. The van der Waals surface area contributed by atoms with Gasteiger partial charge in [-0.2, -0.15) is 5.26 Å². The Morgan fingerprint density at radius 1 is 1.41 bits per heavy atom. The highest BCUT2D eigenvalue weighted by Gasteiger charge is 2.01. The van der Waals surface area contributed by atoms with E-state index in [1.807, 2.05) is 6.07 Å². The van der Waals surface area contributed by atoms with Crippen molar-refractivity contribution in [2.75, 3.05) is 13.2 Å².